The molecule has 4 rings (SSSR count). The fourth-order valence-electron chi connectivity index (χ4n) is 4.37. The lowest BCUT2D eigenvalue weighted by Crippen LogP contribution is -2.58. The smallest absolute Gasteiger partial charge is 0.226 e. The summed E-state index contributed by atoms with van der Waals surface area (Å²) in [7, 11) is 2.12. The molecule has 3 aliphatic heterocycles. The highest BCUT2D eigenvalue weighted by Crippen LogP contribution is 2.40. The molecule has 3 heterocycles. The first-order valence-electron chi connectivity index (χ1n) is 10.1. The number of fused-ring (bicyclic) bond motifs is 3. The van der Waals surface area contributed by atoms with Gasteiger partial charge in [0.25, 0.3) is 0 Å². The first-order chi connectivity index (χ1) is 11.6. The van der Waals surface area contributed by atoms with Gasteiger partial charge in [-0.1, -0.05) is 27.7 Å². The maximum Gasteiger partial charge on any atom is 0.226 e. The Balaban J connectivity index is 0.000000671. The zero-order valence-corrected chi connectivity index (χ0v) is 16.7. The van der Waals surface area contributed by atoms with Crippen molar-refractivity contribution in [2.45, 2.75) is 72.8 Å². The average molecular weight is 339 g/mol. The fourth-order valence-corrected chi connectivity index (χ4v) is 4.37. The number of carbonyl (C=O) groups excluding carboxylic acids is 2. The van der Waals surface area contributed by atoms with Crippen molar-refractivity contribution in [1.29, 1.82) is 0 Å². The zero-order chi connectivity index (χ0) is 18.3. The van der Waals surface area contributed by atoms with E-state index in [0.29, 0.717) is 11.8 Å². The second-order valence-electron chi connectivity index (χ2n) is 7.03. The van der Waals surface area contributed by atoms with Gasteiger partial charge in [0.2, 0.25) is 5.91 Å². The highest BCUT2D eigenvalue weighted by atomic mass is 16.2. The summed E-state index contributed by atoms with van der Waals surface area (Å²) in [6.07, 6.45) is 5.21. The van der Waals surface area contributed by atoms with E-state index in [9.17, 15) is 9.59 Å². The Morgan fingerprint density at radius 3 is 2.00 bits per heavy atom. The van der Waals surface area contributed by atoms with E-state index < -0.39 is 0 Å². The third-order valence-corrected chi connectivity index (χ3v) is 5.65. The predicted molar refractivity (Wildman–Crippen MR) is 99.9 cm³/mol. The van der Waals surface area contributed by atoms with E-state index >= 15 is 0 Å². The van der Waals surface area contributed by atoms with Crippen LogP contribution in [0.2, 0.25) is 0 Å². The lowest BCUT2D eigenvalue weighted by atomic mass is 9.71. The van der Waals surface area contributed by atoms with Gasteiger partial charge in [0.05, 0.1) is 0 Å². The van der Waals surface area contributed by atoms with Crippen LogP contribution in [0.5, 0.6) is 0 Å². The van der Waals surface area contributed by atoms with Crippen LogP contribution in [0.25, 0.3) is 0 Å². The highest BCUT2D eigenvalue weighted by molar-refractivity contribution is 5.83. The summed E-state index contributed by atoms with van der Waals surface area (Å²) in [6, 6.07) is 0.199. The monoisotopic (exact) mass is 338 g/mol. The first-order valence-corrected chi connectivity index (χ1v) is 10.1. The zero-order valence-electron chi connectivity index (χ0n) is 16.7. The Morgan fingerprint density at radius 1 is 0.917 bits per heavy atom. The van der Waals surface area contributed by atoms with Gasteiger partial charge in [-0.2, -0.15) is 0 Å². The molecule has 4 heteroatoms. The highest BCUT2D eigenvalue weighted by Gasteiger charge is 2.45. The third-order valence-electron chi connectivity index (χ3n) is 5.65. The Morgan fingerprint density at radius 2 is 1.50 bits per heavy atom. The molecule has 4 fully saturated rings. The van der Waals surface area contributed by atoms with Gasteiger partial charge in [-0.05, 0) is 65.1 Å². The van der Waals surface area contributed by atoms with E-state index in [2.05, 4.69) is 16.8 Å². The van der Waals surface area contributed by atoms with Crippen molar-refractivity contribution < 1.29 is 9.59 Å². The van der Waals surface area contributed by atoms with Crippen LogP contribution in [0.3, 0.4) is 0 Å². The summed E-state index contributed by atoms with van der Waals surface area (Å²) in [4.78, 5) is 29.0. The molecule has 140 valence electrons. The Bertz CT molecular complexity index is 402. The Kier molecular flexibility index (Phi) is 8.96. The third kappa shape index (κ3) is 4.81. The second-order valence-corrected chi connectivity index (χ2v) is 7.03. The lowest BCUT2D eigenvalue weighted by Gasteiger charge is -2.50. The minimum atomic E-state index is 0.109. The van der Waals surface area contributed by atoms with E-state index in [1.165, 1.54) is 6.42 Å². The molecular weight excluding hydrogens is 300 g/mol. The van der Waals surface area contributed by atoms with Gasteiger partial charge in [0.15, 0.2) is 0 Å². The number of likely N-dealkylation sites (tertiary alicyclic amines) is 1. The van der Waals surface area contributed by atoms with Crippen molar-refractivity contribution in [3.05, 3.63) is 0 Å². The topological polar surface area (TPSA) is 40.6 Å². The van der Waals surface area contributed by atoms with Crippen LogP contribution in [0, 0.1) is 17.8 Å². The quantitative estimate of drug-likeness (QED) is 0.772. The van der Waals surface area contributed by atoms with Gasteiger partial charge in [-0.15, -0.1) is 0 Å². The molecule has 0 aromatic rings. The maximum atomic E-state index is 12.8. The maximum absolute atomic E-state index is 12.8. The van der Waals surface area contributed by atoms with E-state index in [4.69, 9.17) is 0 Å². The van der Waals surface area contributed by atoms with Crippen LogP contribution in [0.4, 0.5) is 0 Å². The van der Waals surface area contributed by atoms with Crippen molar-refractivity contribution in [2.24, 2.45) is 17.8 Å². The molecule has 0 aromatic heterocycles. The number of amides is 1. The van der Waals surface area contributed by atoms with Gasteiger partial charge in [-0.3, -0.25) is 9.59 Å². The van der Waals surface area contributed by atoms with E-state index in [1.54, 1.807) is 6.92 Å². The summed E-state index contributed by atoms with van der Waals surface area (Å²) in [5.41, 5.74) is 0. The van der Waals surface area contributed by atoms with Crippen LogP contribution < -0.4 is 0 Å². The largest absolute Gasteiger partial charge is 0.338 e. The molecule has 1 saturated carbocycles. The van der Waals surface area contributed by atoms with Crippen molar-refractivity contribution in [2.75, 3.05) is 26.7 Å². The van der Waals surface area contributed by atoms with Crippen molar-refractivity contribution in [1.82, 2.24) is 9.80 Å². The summed E-state index contributed by atoms with van der Waals surface area (Å²) < 4.78 is 0. The molecule has 1 amide bonds. The standard InChI is InChI=1S/C16H26N2O2.2C2H6/c1-11(19)14-9-12-3-4-15(14)18(10-12)16(20)13-5-7-17(2)8-6-13;2*1-2/h12-15H,3-10H2,1-2H3;2*1-2H3. The first kappa shape index (κ1) is 21.1. The second kappa shape index (κ2) is 10.2. The lowest BCUT2D eigenvalue weighted by molar-refractivity contribution is -0.150. The minimum absolute atomic E-state index is 0.109. The average Bonchev–Trinajstić information content (AvgIpc) is 2.65. The van der Waals surface area contributed by atoms with Gasteiger partial charge >= 0.3 is 0 Å². The summed E-state index contributed by atoms with van der Waals surface area (Å²) in [6.45, 7) is 12.6. The molecule has 1 aliphatic carbocycles. The van der Waals surface area contributed by atoms with Crippen LogP contribution in [-0.2, 0) is 9.59 Å². The summed E-state index contributed by atoms with van der Waals surface area (Å²) in [5, 5.41) is 0. The fraction of sp³-hybridized carbons (Fsp3) is 0.900. The molecule has 4 aliphatic rings. The van der Waals surface area contributed by atoms with Gasteiger partial charge in [0, 0.05) is 24.4 Å². The summed E-state index contributed by atoms with van der Waals surface area (Å²) >= 11 is 0. The molecule has 0 radical (unpaired) electrons. The van der Waals surface area contributed by atoms with Crippen LogP contribution >= 0.6 is 0 Å². The molecule has 0 spiro atoms. The Labute approximate surface area is 149 Å². The van der Waals surface area contributed by atoms with Crippen molar-refractivity contribution in [3.63, 3.8) is 0 Å². The van der Waals surface area contributed by atoms with Gasteiger partial charge in [-0.25, -0.2) is 0 Å². The number of hydrogen-bond acceptors (Lipinski definition) is 3. The van der Waals surface area contributed by atoms with Crippen LogP contribution in [0.15, 0.2) is 0 Å². The minimum Gasteiger partial charge on any atom is -0.338 e. The van der Waals surface area contributed by atoms with E-state index in [0.717, 1.165) is 45.3 Å². The molecule has 0 aromatic carbocycles. The van der Waals surface area contributed by atoms with Crippen molar-refractivity contribution >= 4 is 11.7 Å². The predicted octanol–water partition coefficient (Wildman–Crippen LogP) is 3.60. The number of nitrogens with zero attached hydrogens (tertiary/aromatic N) is 2. The number of Topliss-reactive ketones (excluding diaryl/α,β-unsaturated/α-hetero) is 1. The molecule has 24 heavy (non-hydrogen) atoms. The number of piperidine rings is 3. The molecule has 4 nitrogen and oxygen atoms in total. The number of hydrogen-bond donors (Lipinski definition) is 0. The molecule has 3 saturated heterocycles. The van der Waals surface area contributed by atoms with Gasteiger partial charge < -0.3 is 9.80 Å². The molecule has 3 unspecified atom stereocenters. The van der Waals surface area contributed by atoms with Crippen LogP contribution in [-0.4, -0.2) is 54.2 Å². The van der Waals surface area contributed by atoms with Crippen LogP contribution in [0.1, 0.15) is 66.7 Å². The number of carbonyl (C=O) groups is 2. The van der Waals surface area contributed by atoms with Crippen molar-refractivity contribution in [3.8, 4) is 0 Å². The van der Waals surface area contributed by atoms with E-state index in [-0.39, 0.29) is 23.7 Å². The SMILES string of the molecule is CC.CC.CC(=O)C1CC2CCC1N(C(=O)C1CCN(C)CC1)C2. The Hall–Kier alpha value is -0.900. The van der Waals surface area contributed by atoms with E-state index in [1.807, 2.05) is 27.7 Å². The normalized spacial score (nSPS) is 29.9. The molecular formula is C20H38N2O2. The molecule has 3 atom stereocenters. The molecule has 0 N–H and O–H groups in total. The summed E-state index contributed by atoms with van der Waals surface area (Å²) in [5.74, 6) is 1.47. The number of ketones is 1. The van der Waals surface area contributed by atoms with Gasteiger partial charge in [0.1, 0.15) is 5.78 Å². The number of rotatable bonds is 2. The molecule has 2 bridgehead atoms.